The molecule has 0 aliphatic rings. The second kappa shape index (κ2) is 7.08. The SMILES string of the molecule is CCCNc1ccc(C(=O)NCc2csc(=O)[nH]2)c(C)c1. The highest BCUT2D eigenvalue weighted by molar-refractivity contribution is 7.07. The quantitative estimate of drug-likeness (QED) is 0.767. The van der Waals surface area contributed by atoms with E-state index in [1.165, 1.54) is 0 Å². The molecule has 0 unspecified atom stereocenters. The van der Waals surface area contributed by atoms with Gasteiger partial charge in [0.25, 0.3) is 5.91 Å². The molecular weight excluding hydrogens is 286 g/mol. The minimum atomic E-state index is -0.137. The van der Waals surface area contributed by atoms with Crippen molar-refractivity contribution >= 4 is 22.9 Å². The summed E-state index contributed by atoms with van der Waals surface area (Å²) in [5, 5.41) is 7.82. The van der Waals surface area contributed by atoms with Gasteiger partial charge in [0.2, 0.25) is 0 Å². The van der Waals surface area contributed by atoms with E-state index >= 15 is 0 Å². The first kappa shape index (κ1) is 15.3. The number of anilines is 1. The summed E-state index contributed by atoms with van der Waals surface area (Å²) in [7, 11) is 0. The first-order valence-corrected chi connectivity index (χ1v) is 7.77. The van der Waals surface area contributed by atoms with Crippen LogP contribution in [0.2, 0.25) is 0 Å². The second-order valence-electron chi connectivity index (χ2n) is 4.81. The maximum atomic E-state index is 12.2. The largest absolute Gasteiger partial charge is 0.385 e. The summed E-state index contributed by atoms with van der Waals surface area (Å²) < 4.78 is 0. The predicted molar refractivity (Wildman–Crippen MR) is 86.1 cm³/mol. The number of carbonyl (C=O) groups excluding carboxylic acids is 1. The highest BCUT2D eigenvalue weighted by Gasteiger charge is 2.09. The number of nitrogens with one attached hydrogen (secondary N) is 3. The van der Waals surface area contributed by atoms with Gasteiger partial charge in [-0.3, -0.25) is 9.59 Å². The van der Waals surface area contributed by atoms with E-state index in [2.05, 4.69) is 22.5 Å². The molecule has 0 atom stereocenters. The van der Waals surface area contributed by atoms with Crippen molar-refractivity contribution in [2.24, 2.45) is 0 Å². The lowest BCUT2D eigenvalue weighted by atomic mass is 10.1. The third kappa shape index (κ3) is 4.19. The Morgan fingerprint density at radius 1 is 1.38 bits per heavy atom. The molecule has 0 aliphatic heterocycles. The van der Waals surface area contributed by atoms with Crippen molar-refractivity contribution < 1.29 is 4.79 Å². The van der Waals surface area contributed by atoms with Gasteiger partial charge in [-0.1, -0.05) is 18.3 Å². The summed E-state index contributed by atoms with van der Waals surface area (Å²) >= 11 is 1.09. The molecule has 1 aromatic heterocycles. The van der Waals surface area contributed by atoms with Crippen LogP contribution in [0, 0.1) is 6.92 Å². The normalized spacial score (nSPS) is 10.4. The van der Waals surface area contributed by atoms with Crippen molar-refractivity contribution in [3.05, 3.63) is 50.1 Å². The number of aromatic amines is 1. The summed E-state index contributed by atoms with van der Waals surface area (Å²) in [6.07, 6.45) is 1.06. The van der Waals surface area contributed by atoms with E-state index in [1.54, 1.807) is 5.38 Å². The van der Waals surface area contributed by atoms with E-state index in [9.17, 15) is 9.59 Å². The number of amides is 1. The fraction of sp³-hybridized carbons (Fsp3) is 0.333. The molecule has 2 aromatic rings. The Hall–Kier alpha value is -2.08. The van der Waals surface area contributed by atoms with E-state index in [0.717, 1.165) is 41.2 Å². The number of aromatic nitrogens is 1. The molecule has 0 radical (unpaired) electrons. The smallest absolute Gasteiger partial charge is 0.304 e. The van der Waals surface area contributed by atoms with Crippen molar-refractivity contribution in [2.75, 3.05) is 11.9 Å². The molecule has 0 aliphatic carbocycles. The molecular formula is C15H19N3O2S. The third-order valence-corrected chi connectivity index (χ3v) is 3.78. The number of rotatable bonds is 6. The zero-order valence-corrected chi connectivity index (χ0v) is 13.0. The van der Waals surface area contributed by atoms with Gasteiger partial charge in [0.15, 0.2) is 0 Å². The summed E-state index contributed by atoms with van der Waals surface area (Å²) in [4.78, 5) is 25.7. The lowest BCUT2D eigenvalue weighted by Crippen LogP contribution is -2.24. The Morgan fingerprint density at radius 2 is 2.19 bits per heavy atom. The fourth-order valence-corrected chi connectivity index (χ4v) is 2.55. The van der Waals surface area contributed by atoms with Crippen molar-refractivity contribution in [1.29, 1.82) is 0 Å². The van der Waals surface area contributed by atoms with Crippen molar-refractivity contribution in [2.45, 2.75) is 26.8 Å². The van der Waals surface area contributed by atoms with Gasteiger partial charge in [0.05, 0.1) is 6.54 Å². The van der Waals surface area contributed by atoms with Crippen LogP contribution < -0.4 is 15.5 Å². The van der Waals surface area contributed by atoms with Crippen molar-refractivity contribution in [3.63, 3.8) is 0 Å². The highest BCUT2D eigenvalue weighted by atomic mass is 32.1. The fourth-order valence-electron chi connectivity index (χ4n) is 1.97. The molecule has 1 amide bonds. The maximum absolute atomic E-state index is 12.2. The molecule has 112 valence electrons. The zero-order chi connectivity index (χ0) is 15.2. The Kier molecular flexibility index (Phi) is 5.16. The summed E-state index contributed by atoms with van der Waals surface area (Å²) in [6, 6.07) is 5.69. The van der Waals surface area contributed by atoms with E-state index in [0.29, 0.717) is 12.1 Å². The van der Waals surface area contributed by atoms with E-state index in [4.69, 9.17) is 0 Å². The number of aryl methyl sites for hydroxylation is 1. The molecule has 0 spiro atoms. The molecule has 2 rings (SSSR count). The topological polar surface area (TPSA) is 74.0 Å². The first-order chi connectivity index (χ1) is 10.1. The summed E-state index contributed by atoms with van der Waals surface area (Å²) in [5.74, 6) is -0.137. The van der Waals surface area contributed by atoms with Crippen LogP contribution in [-0.4, -0.2) is 17.4 Å². The number of thiazole rings is 1. The molecule has 21 heavy (non-hydrogen) atoms. The molecule has 0 saturated carbocycles. The van der Waals surface area contributed by atoms with E-state index in [-0.39, 0.29) is 10.8 Å². The maximum Gasteiger partial charge on any atom is 0.304 e. The Morgan fingerprint density at radius 3 is 2.81 bits per heavy atom. The average Bonchev–Trinajstić information content (AvgIpc) is 2.88. The molecule has 1 aromatic carbocycles. The van der Waals surface area contributed by atoms with Gasteiger partial charge in [0.1, 0.15) is 0 Å². The van der Waals surface area contributed by atoms with Gasteiger partial charge in [0, 0.05) is 28.9 Å². The predicted octanol–water partition coefficient (Wildman–Crippen LogP) is 2.50. The van der Waals surface area contributed by atoms with Crippen LogP contribution in [0.15, 0.2) is 28.4 Å². The molecule has 0 saturated heterocycles. The van der Waals surface area contributed by atoms with Gasteiger partial charge in [-0.15, -0.1) is 0 Å². The first-order valence-electron chi connectivity index (χ1n) is 6.89. The van der Waals surface area contributed by atoms with Crippen LogP contribution in [0.1, 0.15) is 35.0 Å². The molecule has 3 N–H and O–H groups in total. The molecule has 5 nitrogen and oxygen atoms in total. The number of benzene rings is 1. The summed E-state index contributed by atoms with van der Waals surface area (Å²) in [6.45, 7) is 5.26. The van der Waals surface area contributed by atoms with Gasteiger partial charge in [-0.2, -0.15) is 0 Å². The van der Waals surface area contributed by atoms with Crippen molar-refractivity contribution in [3.8, 4) is 0 Å². The van der Waals surface area contributed by atoms with Crippen LogP contribution in [0.3, 0.4) is 0 Å². The standard InChI is InChI=1S/C15H19N3O2S/c1-3-6-16-11-4-5-13(10(2)7-11)14(19)17-8-12-9-21-15(20)18-12/h4-5,7,9,16H,3,6,8H2,1-2H3,(H,17,19)(H,18,20). The van der Waals surface area contributed by atoms with Gasteiger partial charge in [-0.05, 0) is 37.1 Å². The number of H-pyrrole nitrogens is 1. The zero-order valence-electron chi connectivity index (χ0n) is 12.2. The van der Waals surface area contributed by atoms with Gasteiger partial charge < -0.3 is 15.6 Å². The van der Waals surface area contributed by atoms with Crippen LogP contribution >= 0.6 is 11.3 Å². The van der Waals surface area contributed by atoms with Crippen LogP contribution in [0.5, 0.6) is 0 Å². The Labute approximate surface area is 127 Å². The highest BCUT2D eigenvalue weighted by Crippen LogP contribution is 2.15. The van der Waals surface area contributed by atoms with Gasteiger partial charge in [-0.25, -0.2) is 0 Å². The van der Waals surface area contributed by atoms with Crippen LogP contribution in [0.4, 0.5) is 5.69 Å². The van der Waals surface area contributed by atoms with Crippen LogP contribution in [0.25, 0.3) is 0 Å². The van der Waals surface area contributed by atoms with Gasteiger partial charge >= 0.3 is 4.87 Å². The average molecular weight is 305 g/mol. The number of hydrogen-bond donors (Lipinski definition) is 3. The van der Waals surface area contributed by atoms with E-state index in [1.807, 2.05) is 25.1 Å². The monoisotopic (exact) mass is 305 g/mol. The molecule has 6 heteroatoms. The van der Waals surface area contributed by atoms with Crippen molar-refractivity contribution in [1.82, 2.24) is 10.3 Å². The molecule has 1 heterocycles. The third-order valence-electron chi connectivity index (χ3n) is 3.06. The molecule has 0 fully saturated rings. The lowest BCUT2D eigenvalue weighted by molar-refractivity contribution is 0.0950. The Bertz CT molecular complexity index is 676. The van der Waals surface area contributed by atoms with E-state index < -0.39 is 0 Å². The van der Waals surface area contributed by atoms with Crippen LogP contribution in [-0.2, 0) is 6.54 Å². The number of hydrogen-bond acceptors (Lipinski definition) is 4. The summed E-state index contributed by atoms with van der Waals surface area (Å²) in [5.41, 5.74) is 3.31. The minimum absolute atomic E-state index is 0.109. The Balaban J connectivity index is 2.00. The lowest BCUT2D eigenvalue weighted by Gasteiger charge is -2.10. The molecule has 0 bridgehead atoms. The minimum Gasteiger partial charge on any atom is -0.385 e. The number of carbonyl (C=O) groups is 1. The second-order valence-corrected chi connectivity index (χ2v) is 5.65.